The number of hydroxylamine groups is 1. The van der Waals surface area contributed by atoms with E-state index in [1.54, 1.807) is 24.3 Å². The lowest BCUT2D eigenvalue weighted by atomic mass is 10.3. The highest BCUT2D eigenvalue weighted by Crippen LogP contribution is 2.12. The van der Waals surface area contributed by atoms with Crippen LogP contribution in [0.15, 0.2) is 42.3 Å². The van der Waals surface area contributed by atoms with Crippen molar-refractivity contribution in [1.29, 1.82) is 0 Å². The van der Waals surface area contributed by atoms with Gasteiger partial charge in [-0.3, -0.25) is 10.3 Å². The van der Waals surface area contributed by atoms with E-state index in [0.29, 0.717) is 5.75 Å². The normalized spacial score (nSPS) is 10.9. The summed E-state index contributed by atoms with van der Waals surface area (Å²) in [6, 6.07) is 8.62. The van der Waals surface area contributed by atoms with Gasteiger partial charge in [0, 0.05) is 0 Å². The lowest BCUT2D eigenvalue weighted by Gasteiger charge is -2.05. The van der Waals surface area contributed by atoms with Gasteiger partial charge in [0.25, 0.3) is 0 Å². The number of hydrogen-bond donors (Lipinski definition) is 2. The molecule has 80 valence electrons. The van der Waals surface area contributed by atoms with E-state index in [1.165, 1.54) is 7.11 Å². The van der Waals surface area contributed by atoms with Crippen molar-refractivity contribution in [3.63, 3.8) is 0 Å². The van der Waals surface area contributed by atoms with Crippen molar-refractivity contribution in [2.24, 2.45) is 0 Å². The van der Waals surface area contributed by atoms with Gasteiger partial charge in [-0.05, 0) is 12.1 Å². The van der Waals surface area contributed by atoms with Gasteiger partial charge in [-0.25, -0.2) is 4.79 Å². The number of rotatable bonds is 5. The molecule has 1 aromatic carbocycles. The molecule has 0 atom stereocenters. The van der Waals surface area contributed by atoms with Crippen LogP contribution in [0.1, 0.15) is 0 Å². The van der Waals surface area contributed by atoms with E-state index >= 15 is 0 Å². The van der Waals surface area contributed by atoms with E-state index in [0.717, 1.165) is 6.20 Å². The van der Waals surface area contributed by atoms with Crippen LogP contribution in [0, 0.1) is 0 Å². The molecule has 0 amide bonds. The van der Waals surface area contributed by atoms with Gasteiger partial charge in [0.05, 0.1) is 13.3 Å². The van der Waals surface area contributed by atoms with E-state index in [-0.39, 0.29) is 5.76 Å². The SMILES string of the molecule is CONC=C(Oc1ccccc1)C(=O)O. The summed E-state index contributed by atoms with van der Waals surface area (Å²) in [4.78, 5) is 15.2. The van der Waals surface area contributed by atoms with Crippen LogP contribution in [0.5, 0.6) is 5.75 Å². The second-order valence-electron chi connectivity index (χ2n) is 2.55. The highest BCUT2D eigenvalue weighted by atomic mass is 16.6. The van der Waals surface area contributed by atoms with Crippen LogP contribution < -0.4 is 10.2 Å². The number of aliphatic carboxylic acids is 1. The summed E-state index contributed by atoms with van der Waals surface area (Å²) < 4.78 is 5.10. The topological polar surface area (TPSA) is 67.8 Å². The Bertz CT molecular complexity index is 348. The maximum Gasteiger partial charge on any atom is 0.373 e. The Labute approximate surface area is 86.9 Å². The molecule has 0 aliphatic rings. The zero-order valence-corrected chi connectivity index (χ0v) is 8.14. The van der Waals surface area contributed by atoms with E-state index in [9.17, 15) is 4.79 Å². The van der Waals surface area contributed by atoms with Gasteiger partial charge in [-0.2, -0.15) is 0 Å². The molecule has 0 radical (unpaired) electrons. The largest absolute Gasteiger partial charge is 0.475 e. The molecule has 0 heterocycles. The van der Waals surface area contributed by atoms with E-state index in [4.69, 9.17) is 9.84 Å². The molecule has 0 aliphatic heterocycles. The second-order valence-corrected chi connectivity index (χ2v) is 2.55. The Kier molecular flexibility index (Phi) is 4.18. The van der Waals surface area contributed by atoms with Crippen molar-refractivity contribution in [3.8, 4) is 5.75 Å². The van der Waals surface area contributed by atoms with Crippen molar-refractivity contribution < 1.29 is 19.5 Å². The zero-order valence-electron chi connectivity index (χ0n) is 8.14. The highest BCUT2D eigenvalue weighted by molar-refractivity contribution is 5.84. The first kappa shape index (κ1) is 11.1. The lowest BCUT2D eigenvalue weighted by molar-refractivity contribution is -0.135. The van der Waals surface area contributed by atoms with Crippen molar-refractivity contribution >= 4 is 5.97 Å². The van der Waals surface area contributed by atoms with Crippen LogP contribution in [-0.2, 0) is 9.63 Å². The van der Waals surface area contributed by atoms with Gasteiger partial charge in [-0.1, -0.05) is 18.2 Å². The molecule has 0 spiro atoms. The van der Waals surface area contributed by atoms with Gasteiger partial charge in [0.2, 0.25) is 5.76 Å². The predicted molar refractivity (Wildman–Crippen MR) is 52.9 cm³/mol. The van der Waals surface area contributed by atoms with Gasteiger partial charge >= 0.3 is 5.97 Å². The van der Waals surface area contributed by atoms with Crippen LogP contribution in [0.4, 0.5) is 0 Å². The minimum Gasteiger partial charge on any atom is -0.475 e. The van der Waals surface area contributed by atoms with Crippen LogP contribution in [0.25, 0.3) is 0 Å². The third kappa shape index (κ3) is 3.70. The minimum atomic E-state index is -1.18. The molecule has 5 heteroatoms. The number of carboxylic acid groups (broad SMARTS) is 1. The first-order chi connectivity index (χ1) is 7.24. The number of hydrogen-bond acceptors (Lipinski definition) is 4. The molecular weight excluding hydrogens is 198 g/mol. The predicted octanol–water partition coefficient (Wildman–Crippen LogP) is 1.14. The average Bonchev–Trinajstić information content (AvgIpc) is 2.25. The Morgan fingerprint density at radius 3 is 2.60 bits per heavy atom. The molecule has 2 N–H and O–H groups in total. The summed E-state index contributed by atoms with van der Waals surface area (Å²) in [6.07, 6.45) is 1.12. The molecule has 0 bridgehead atoms. The number of benzene rings is 1. The van der Waals surface area contributed by atoms with E-state index < -0.39 is 5.97 Å². The van der Waals surface area contributed by atoms with Crippen molar-refractivity contribution in [2.75, 3.05) is 7.11 Å². The first-order valence-electron chi connectivity index (χ1n) is 4.19. The fourth-order valence-electron chi connectivity index (χ4n) is 0.863. The van der Waals surface area contributed by atoms with E-state index in [1.807, 2.05) is 6.07 Å². The smallest absolute Gasteiger partial charge is 0.373 e. The molecule has 0 fully saturated rings. The molecule has 5 nitrogen and oxygen atoms in total. The summed E-state index contributed by atoms with van der Waals surface area (Å²) >= 11 is 0. The third-order valence-corrected chi connectivity index (χ3v) is 1.49. The van der Waals surface area contributed by atoms with Crippen LogP contribution in [-0.4, -0.2) is 18.2 Å². The summed E-state index contributed by atoms with van der Waals surface area (Å²) in [5, 5.41) is 8.77. The quantitative estimate of drug-likeness (QED) is 0.432. The van der Waals surface area contributed by atoms with Crippen molar-refractivity contribution in [3.05, 3.63) is 42.3 Å². The Morgan fingerprint density at radius 1 is 1.40 bits per heavy atom. The van der Waals surface area contributed by atoms with E-state index in [2.05, 4.69) is 10.3 Å². The summed E-state index contributed by atoms with van der Waals surface area (Å²) in [6.45, 7) is 0. The lowest BCUT2D eigenvalue weighted by Crippen LogP contribution is -2.13. The molecule has 15 heavy (non-hydrogen) atoms. The Morgan fingerprint density at radius 2 is 2.07 bits per heavy atom. The van der Waals surface area contributed by atoms with Crippen molar-refractivity contribution in [2.45, 2.75) is 0 Å². The van der Waals surface area contributed by atoms with Crippen molar-refractivity contribution in [1.82, 2.24) is 5.48 Å². The molecule has 0 unspecified atom stereocenters. The molecule has 0 aromatic heterocycles. The summed E-state index contributed by atoms with van der Waals surface area (Å²) in [7, 11) is 1.37. The summed E-state index contributed by atoms with van der Waals surface area (Å²) in [5.74, 6) is -0.976. The maximum atomic E-state index is 10.7. The molecule has 1 aromatic rings. The monoisotopic (exact) mass is 209 g/mol. The summed E-state index contributed by atoms with van der Waals surface area (Å²) in [5.41, 5.74) is 2.28. The molecule has 0 aliphatic carbocycles. The first-order valence-corrected chi connectivity index (χ1v) is 4.19. The van der Waals surface area contributed by atoms with Crippen LogP contribution in [0.2, 0.25) is 0 Å². The number of ether oxygens (including phenoxy) is 1. The number of carbonyl (C=O) groups is 1. The van der Waals surface area contributed by atoms with Crippen LogP contribution in [0.3, 0.4) is 0 Å². The second kappa shape index (κ2) is 5.66. The van der Waals surface area contributed by atoms with Gasteiger partial charge in [0.1, 0.15) is 5.75 Å². The molecule has 0 saturated carbocycles. The molecule has 1 rings (SSSR count). The maximum absolute atomic E-state index is 10.7. The van der Waals surface area contributed by atoms with Gasteiger partial charge in [0.15, 0.2) is 0 Å². The Hall–Kier alpha value is -2.01. The Balaban J connectivity index is 2.72. The molecule has 0 saturated heterocycles. The zero-order chi connectivity index (χ0) is 11.1. The number of nitrogens with one attached hydrogen (secondary N) is 1. The van der Waals surface area contributed by atoms with Gasteiger partial charge in [-0.15, -0.1) is 0 Å². The van der Waals surface area contributed by atoms with Crippen LogP contribution >= 0.6 is 0 Å². The molecular formula is C10H11NO4. The standard InChI is InChI=1S/C10H11NO4/c1-14-11-7-9(10(12)13)15-8-5-3-2-4-6-8/h2-7,11H,1H3,(H,12,13). The number of para-hydroxylation sites is 1. The van der Waals surface area contributed by atoms with Gasteiger partial charge < -0.3 is 9.84 Å². The average molecular weight is 209 g/mol. The number of carboxylic acids is 1. The fraction of sp³-hybridized carbons (Fsp3) is 0.100. The third-order valence-electron chi connectivity index (χ3n) is 1.49. The fourth-order valence-corrected chi connectivity index (χ4v) is 0.863. The highest BCUT2D eigenvalue weighted by Gasteiger charge is 2.09. The minimum absolute atomic E-state index is 0.247.